The lowest BCUT2D eigenvalue weighted by Gasteiger charge is -2.15. The zero-order chi connectivity index (χ0) is 27.1. The van der Waals surface area contributed by atoms with Gasteiger partial charge in [-0.25, -0.2) is 8.78 Å². The largest absolute Gasteiger partial charge is 0.394 e. The maximum atomic E-state index is 14.2. The number of benzene rings is 3. The molecule has 1 amide bonds. The molecule has 0 radical (unpaired) electrons. The number of nitrogens with one attached hydrogen (secondary N) is 2. The van der Waals surface area contributed by atoms with E-state index in [1.165, 1.54) is 12.1 Å². The van der Waals surface area contributed by atoms with Gasteiger partial charge in [-0.05, 0) is 53.6 Å². The normalized spacial score (nSPS) is 19.7. The van der Waals surface area contributed by atoms with Crippen LogP contribution < -0.4 is 16.4 Å². The molecule has 0 aliphatic heterocycles. The third-order valence-corrected chi connectivity index (χ3v) is 8.00. The molecular weight excluding hydrogens is 566 g/mol. The Labute approximate surface area is 231 Å². The molecule has 0 heterocycles. The molecule has 1 aliphatic rings. The third-order valence-electron chi connectivity index (χ3n) is 6.31. The van der Waals surface area contributed by atoms with E-state index < -0.39 is 38.9 Å². The van der Waals surface area contributed by atoms with Crippen LogP contribution in [0.25, 0.3) is 6.08 Å². The fourth-order valence-corrected chi connectivity index (χ4v) is 5.65. The van der Waals surface area contributed by atoms with Gasteiger partial charge in [-0.2, -0.15) is 0 Å². The van der Waals surface area contributed by atoms with E-state index in [0.717, 1.165) is 17.7 Å². The molecule has 1 fully saturated rings. The summed E-state index contributed by atoms with van der Waals surface area (Å²) < 4.78 is 26.3. The number of nitrogen functional groups attached to an aromatic ring is 1. The molecule has 2 unspecified atom stereocenters. The van der Waals surface area contributed by atoms with Crippen LogP contribution in [0, 0.1) is 17.0 Å². The fraction of sp³-hybridized carbons (Fsp3) is 0.154. The minimum atomic E-state index is -1.42. The Bertz CT molecular complexity index is 1430. The Balaban J connectivity index is 1.56. The molecule has 4 rings (SSSR count). The smallest absolute Gasteiger partial charge is 0.257 e. The Morgan fingerprint density at radius 3 is 2.51 bits per heavy atom. The van der Waals surface area contributed by atoms with Gasteiger partial charge in [0.15, 0.2) is 5.82 Å². The Hall–Kier alpha value is -2.84. The highest BCUT2D eigenvalue weighted by molar-refractivity contribution is 6.54. The van der Waals surface area contributed by atoms with Crippen LogP contribution in [-0.2, 0) is 4.79 Å². The van der Waals surface area contributed by atoms with Crippen LogP contribution in [0.4, 0.5) is 25.8 Å². The first kappa shape index (κ1) is 27.2. The lowest BCUT2D eigenvalue weighted by Crippen LogP contribution is -2.23. The SMILES string of the molecule is C=Cc1cc(Cl)cc(C2C(Cl)(Cl)C2(C=O)CNc2ccc(Cl)c(C(=O)Nc3ccc(F)c(N)c3F)c2)c1. The summed E-state index contributed by atoms with van der Waals surface area (Å²) in [6.45, 7) is 3.76. The molecular formula is C26H19Cl4F2N3O2. The number of amides is 1. The van der Waals surface area contributed by atoms with Crippen LogP contribution >= 0.6 is 46.4 Å². The first-order valence-electron chi connectivity index (χ1n) is 10.8. The highest BCUT2D eigenvalue weighted by Gasteiger charge is 2.76. The van der Waals surface area contributed by atoms with Gasteiger partial charge in [0.25, 0.3) is 5.91 Å². The molecule has 37 heavy (non-hydrogen) atoms. The molecule has 0 aromatic heterocycles. The number of carbonyl (C=O) groups is 2. The summed E-state index contributed by atoms with van der Waals surface area (Å²) in [5, 5.41) is 5.92. The van der Waals surface area contributed by atoms with Gasteiger partial charge in [-0.3, -0.25) is 4.79 Å². The number of nitrogens with two attached hydrogens (primary N) is 1. The van der Waals surface area contributed by atoms with Gasteiger partial charge in [-0.1, -0.05) is 65.1 Å². The zero-order valence-corrected chi connectivity index (χ0v) is 22.0. The molecule has 0 saturated heterocycles. The predicted molar refractivity (Wildman–Crippen MR) is 146 cm³/mol. The van der Waals surface area contributed by atoms with Crippen molar-refractivity contribution in [1.29, 1.82) is 0 Å². The summed E-state index contributed by atoms with van der Waals surface area (Å²) in [6.07, 6.45) is 2.32. The number of hydrogen-bond acceptors (Lipinski definition) is 4. The number of halogens is 6. The van der Waals surface area contributed by atoms with Crippen molar-refractivity contribution in [1.82, 2.24) is 0 Å². The lowest BCUT2D eigenvalue weighted by atomic mass is 9.98. The van der Waals surface area contributed by atoms with E-state index in [9.17, 15) is 18.4 Å². The van der Waals surface area contributed by atoms with Crippen molar-refractivity contribution in [2.45, 2.75) is 10.3 Å². The highest BCUT2D eigenvalue weighted by Crippen LogP contribution is 2.73. The maximum Gasteiger partial charge on any atom is 0.257 e. The lowest BCUT2D eigenvalue weighted by molar-refractivity contribution is -0.112. The summed E-state index contributed by atoms with van der Waals surface area (Å²) in [4.78, 5) is 25.0. The second-order valence-corrected chi connectivity index (χ2v) is 10.8. The van der Waals surface area contributed by atoms with Gasteiger partial charge in [0.05, 0.1) is 21.7 Å². The van der Waals surface area contributed by atoms with E-state index in [1.54, 1.807) is 30.3 Å². The van der Waals surface area contributed by atoms with Gasteiger partial charge in [0.2, 0.25) is 0 Å². The minimum Gasteiger partial charge on any atom is -0.394 e. The van der Waals surface area contributed by atoms with E-state index in [0.29, 0.717) is 22.6 Å². The topological polar surface area (TPSA) is 84.2 Å². The molecule has 0 spiro atoms. The Morgan fingerprint density at radius 1 is 1.11 bits per heavy atom. The van der Waals surface area contributed by atoms with Crippen molar-refractivity contribution < 1.29 is 18.4 Å². The summed E-state index contributed by atoms with van der Waals surface area (Å²) in [7, 11) is 0. The monoisotopic (exact) mass is 583 g/mol. The van der Waals surface area contributed by atoms with Gasteiger partial charge in [0, 0.05) is 23.2 Å². The van der Waals surface area contributed by atoms with Gasteiger partial charge in [0.1, 0.15) is 22.1 Å². The second kappa shape index (κ2) is 10.1. The standard InChI is InChI=1S/C26H19Cl4F2N3O2/c1-2-13-7-14(9-15(27)8-13)23-25(12-36,26(23,29)30)11-34-16-3-4-18(28)17(10-16)24(37)35-20-6-5-19(31)22(33)21(20)32/h2-10,12,23,34H,1,11,33H2,(H,35,37). The summed E-state index contributed by atoms with van der Waals surface area (Å²) in [6, 6.07) is 11.6. The van der Waals surface area contributed by atoms with E-state index in [1.807, 2.05) is 0 Å². The quantitative estimate of drug-likeness (QED) is 0.147. The zero-order valence-electron chi connectivity index (χ0n) is 18.9. The van der Waals surface area contributed by atoms with Gasteiger partial charge >= 0.3 is 0 Å². The van der Waals surface area contributed by atoms with E-state index in [-0.39, 0.29) is 22.8 Å². The molecule has 2 atom stereocenters. The van der Waals surface area contributed by atoms with E-state index in [2.05, 4.69) is 17.2 Å². The van der Waals surface area contributed by atoms with Crippen LogP contribution in [0.1, 0.15) is 27.4 Å². The summed E-state index contributed by atoms with van der Waals surface area (Å²) >= 11 is 25.6. The number of rotatable bonds is 8. The average Bonchev–Trinajstić information content (AvgIpc) is 3.37. The van der Waals surface area contributed by atoms with Crippen molar-refractivity contribution in [2.75, 3.05) is 22.9 Å². The van der Waals surface area contributed by atoms with Gasteiger partial charge in [-0.15, -0.1) is 0 Å². The van der Waals surface area contributed by atoms with Crippen LogP contribution in [0.3, 0.4) is 0 Å². The molecule has 4 N–H and O–H groups in total. The minimum absolute atomic E-state index is 0.00469. The van der Waals surface area contributed by atoms with Crippen molar-refractivity contribution in [3.05, 3.63) is 93.5 Å². The van der Waals surface area contributed by atoms with E-state index >= 15 is 0 Å². The Kier molecular flexibility index (Phi) is 7.45. The molecule has 3 aromatic rings. The van der Waals surface area contributed by atoms with Crippen LogP contribution in [0.2, 0.25) is 10.0 Å². The average molecular weight is 585 g/mol. The van der Waals surface area contributed by atoms with Crippen molar-refractivity contribution in [3.8, 4) is 0 Å². The number of aldehydes is 1. The van der Waals surface area contributed by atoms with Crippen LogP contribution in [0.15, 0.2) is 55.1 Å². The van der Waals surface area contributed by atoms with E-state index in [4.69, 9.17) is 52.1 Å². The molecule has 0 bridgehead atoms. The molecule has 1 aliphatic carbocycles. The van der Waals surface area contributed by atoms with Crippen molar-refractivity contribution in [2.24, 2.45) is 5.41 Å². The van der Waals surface area contributed by atoms with Crippen molar-refractivity contribution in [3.63, 3.8) is 0 Å². The first-order valence-corrected chi connectivity index (χ1v) is 12.3. The number of anilines is 3. The number of alkyl halides is 2. The maximum absolute atomic E-state index is 14.2. The summed E-state index contributed by atoms with van der Waals surface area (Å²) in [5.74, 6) is -3.37. The molecule has 5 nitrogen and oxygen atoms in total. The Morgan fingerprint density at radius 2 is 1.84 bits per heavy atom. The highest BCUT2D eigenvalue weighted by atomic mass is 35.5. The third kappa shape index (κ3) is 4.89. The molecule has 3 aromatic carbocycles. The predicted octanol–water partition coefficient (Wildman–Crippen LogP) is 7.32. The summed E-state index contributed by atoms with van der Waals surface area (Å²) in [5.41, 5.74) is 4.96. The van der Waals surface area contributed by atoms with Gasteiger partial charge < -0.3 is 21.2 Å². The second-order valence-electron chi connectivity index (χ2n) is 8.56. The number of carbonyl (C=O) groups excluding carboxylic acids is 2. The number of hydrogen-bond donors (Lipinski definition) is 3. The van der Waals surface area contributed by atoms with Crippen LogP contribution in [-0.4, -0.2) is 23.1 Å². The fourth-order valence-electron chi connectivity index (χ4n) is 4.22. The molecule has 1 saturated carbocycles. The van der Waals surface area contributed by atoms with Crippen molar-refractivity contribution >= 4 is 81.7 Å². The molecule has 11 heteroatoms. The van der Waals surface area contributed by atoms with Crippen LogP contribution in [0.5, 0.6) is 0 Å². The first-order chi connectivity index (χ1) is 17.4. The molecule has 192 valence electrons.